The van der Waals surface area contributed by atoms with Crippen LogP contribution in [-0.2, 0) is 0 Å². The lowest BCUT2D eigenvalue weighted by Crippen LogP contribution is -2.10. The highest BCUT2D eigenvalue weighted by atomic mass is 32.1. The van der Waals surface area contributed by atoms with E-state index >= 15 is 0 Å². The maximum absolute atomic E-state index is 5.56. The summed E-state index contributed by atoms with van der Waals surface area (Å²) in [7, 11) is 0. The second kappa shape index (κ2) is 16.8. The Labute approximate surface area is 440 Å². The second-order valence-electron chi connectivity index (χ2n) is 19.6. The highest BCUT2D eigenvalue weighted by molar-refractivity contribution is 7.25. The van der Waals surface area contributed by atoms with Crippen LogP contribution in [-0.4, -0.2) is 28.7 Å². The number of benzene rings is 11. The Balaban J connectivity index is 0.901. The molecule has 0 fully saturated rings. The van der Waals surface area contributed by atoms with Crippen LogP contribution in [0.5, 0.6) is 0 Å². The Morgan fingerprint density at radius 1 is 0.250 bits per heavy atom. The van der Waals surface area contributed by atoms with Gasteiger partial charge in [0.2, 0.25) is 11.9 Å². The van der Waals surface area contributed by atoms with Crippen molar-refractivity contribution in [3.63, 3.8) is 0 Å². The number of nitrogens with zero attached hydrogens (tertiary/aromatic N) is 6. The van der Waals surface area contributed by atoms with Gasteiger partial charge in [-0.05, 0) is 118 Å². The summed E-state index contributed by atoms with van der Waals surface area (Å²) in [6, 6.07) is 91.6. The fourth-order valence-electron chi connectivity index (χ4n) is 11.9. The summed E-state index contributed by atoms with van der Waals surface area (Å²) < 4.78 is 9.41. The molecule has 0 amide bonds. The molecule has 0 atom stereocenters. The fraction of sp³-hybridized carbons (Fsp3) is 0. The Morgan fingerprint density at radius 2 is 0.645 bits per heavy atom. The summed E-state index contributed by atoms with van der Waals surface area (Å²) in [5.41, 5.74) is 15.3. The first-order chi connectivity index (χ1) is 37.7. The first-order valence-corrected chi connectivity index (χ1v) is 26.5. The first kappa shape index (κ1) is 42.5. The lowest BCUT2D eigenvalue weighted by Gasteiger charge is -2.14. The molecule has 16 rings (SSSR count). The number of rotatable bonds is 7. The molecule has 76 heavy (non-hydrogen) atoms. The molecule has 0 saturated heterocycles. The molecule has 5 aromatic heterocycles. The average Bonchev–Trinajstić information content (AvgIpc) is 4.27. The minimum absolute atomic E-state index is 0.538. The topological polar surface area (TPSA) is 53.5 Å². The van der Waals surface area contributed by atoms with Crippen LogP contribution in [0.15, 0.2) is 255 Å². The van der Waals surface area contributed by atoms with Gasteiger partial charge in [0.1, 0.15) is 0 Å². The molecular formula is C69H42N6S. The zero-order valence-electron chi connectivity index (χ0n) is 40.8. The number of aromatic nitrogens is 6. The number of para-hydroxylation sites is 4. The van der Waals surface area contributed by atoms with Gasteiger partial charge in [-0.15, -0.1) is 11.3 Å². The zero-order chi connectivity index (χ0) is 49.8. The van der Waals surface area contributed by atoms with Crippen molar-refractivity contribution in [3.8, 4) is 62.4 Å². The van der Waals surface area contributed by atoms with E-state index in [1.165, 1.54) is 47.5 Å². The van der Waals surface area contributed by atoms with Crippen LogP contribution in [0.3, 0.4) is 0 Å². The van der Waals surface area contributed by atoms with Crippen LogP contribution in [0.2, 0.25) is 0 Å². The standard InChI is InChI=1S/C69H42N6S/c1-3-17-43(18-4-1)49-21-7-8-26-54(49)67-70-68(72-69(71-67)75-61-29-15-11-24-52(61)57-41-46(33-37-64(57)75)47-34-38-66-58(42-47)53-25-12-16-30-65(53)76-66)74-60-28-14-10-23-51(60)56-40-45(32-36-63(56)74)44-31-35-62-55(39-44)50-22-9-13-27-59(50)73(62)48-19-5-2-6-20-48/h1-42H. The fourth-order valence-corrected chi connectivity index (χ4v) is 13.0. The average molecular weight is 987 g/mol. The summed E-state index contributed by atoms with van der Waals surface area (Å²) in [5, 5.41) is 9.51. The normalized spacial score (nSPS) is 11.9. The minimum Gasteiger partial charge on any atom is -0.309 e. The molecule has 0 spiro atoms. The van der Waals surface area contributed by atoms with Crippen LogP contribution < -0.4 is 0 Å². The van der Waals surface area contributed by atoms with Gasteiger partial charge in [-0.2, -0.15) is 15.0 Å². The van der Waals surface area contributed by atoms with Crippen molar-refractivity contribution in [3.05, 3.63) is 255 Å². The van der Waals surface area contributed by atoms with Crippen molar-refractivity contribution in [2.24, 2.45) is 0 Å². The van der Waals surface area contributed by atoms with E-state index < -0.39 is 0 Å². The molecule has 0 unspecified atom stereocenters. The highest BCUT2D eigenvalue weighted by Crippen LogP contribution is 2.42. The number of hydrogen-bond donors (Lipinski definition) is 0. The molecule has 0 aliphatic carbocycles. The minimum atomic E-state index is 0.538. The van der Waals surface area contributed by atoms with Crippen LogP contribution in [0.4, 0.5) is 0 Å². The van der Waals surface area contributed by atoms with E-state index in [0.29, 0.717) is 17.7 Å². The molecular weight excluding hydrogens is 945 g/mol. The molecule has 0 N–H and O–H groups in total. The first-order valence-electron chi connectivity index (χ1n) is 25.7. The van der Waals surface area contributed by atoms with Gasteiger partial charge in [0.25, 0.3) is 0 Å². The predicted octanol–water partition coefficient (Wildman–Crippen LogP) is 18.2. The zero-order valence-corrected chi connectivity index (χ0v) is 41.7. The Hall–Kier alpha value is -9.95. The summed E-state index contributed by atoms with van der Waals surface area (Å²) >= 11 is 1.85. The number of fused-ring (bicyclic) bond motifs is 12. The third-order valence-electron chi connectivity index (χ3n) is 15.3. The molecule has 11 aromatic carbocycles. The Kier molecular flexibility index (Phi) is 9.40. The molecule has 0 radical (unpaired) electrons. The van der Waals surface area contributed by atoms with Crippen molar-refractivity contribution < 1.29 is 0 Å². The third-order valence-corrected chi connectivity index (χ3v) is 16.5. The van der Waals surface area contributed by atoms with Crippen molar-refractivity contribution in [2.45, 2.75) is 0 Å². The van der Waals surface area contributed by atoms with Gasteiger partial charge in [-0.25, -0.2) is 0 Å². The van der Waals surface area contributed by atoms with E-state index in [-0.39, 0.29) is 0 Å². The van der Waals surface area contributed by atoms with Crippen molar-refractivity contribution in [1.29, 1.82) is 0 Å². The SMILES string of the molecule is c1ccc(-c2ccccc2-c2nc(-n3c4ccccc4c4cc(-c5ccc6sc7ccccc7c6c5)ccc43)nc(-n3c4ccccc4c4cc(-c5ccc6c(c5)c5ccccc5n6-c5ccccc5)ccc43)n2)cc1. The van der Waals surface area contributed by atoms with E-state index in [2.05, 4.69) is 268 Å². The van der Waals surface area contributed by atoms with Gasteiger partial charge in [0.15, 0.2) is 5.82 Å². The van der Waals surface area contributed by atoms with Crippen molar-refractivity contribution in [1.82, 2.24) is 28.7 Å². The van der Waals surface area contributed by atoms with Crippen LogP contribution in [0.1, 0.15) is 0 Å². The van der Waals surface area contributed by atoms with Gasteiger partial charge >= 0.3 is 0 Å². The van der Waals surface area contributed by atoms with E-state index in [9.17, 15) is 0 Å². The maximum atomic E-state index is 5.56. The van der Waals surface area contributed by atoms with Gasteiger partial charge in [-0.1, -0.05) is 170 Å². The second-order valence-corrected chi connectivity index (χ2v) is 20.7. The lowest BCUT2D eigenvalue weighted by atomic mass is 9.99. The molecule has 0 bridgehead atoms. The summed E-state index contributed by atoms with van der Waals surface area (Å²) in [6.07, 6.45) is 0. The Morgan fingerprint density at radius 3 is 1.21 bits per heavy atom. The van der Waals surface area contributed by atoms with E-state index in [4.69, 9.17) is 15.0 Å². The summed E-state index contributed by atoms with van der Waals surface area (Å²) in [4.78, 5) is 16.5. The van der Waals surface area contributed by atoms with E-state index in [1.54, 1.807) is 0 Å². The molecule has 16 aromatic rings. The maximum Gasteiger partial charge on any atom is 0.240 e. The van der Waals surface area contributed by atoms with E-state index in [0.717, 1.165) is 82.7 Å². The number of thiophene rings is 1. The highest BCUT2D eigenvalue weighted by Gasteiger charge is 2.23. The van der Waals surface area contributed by atoms with E-state index in [1.807, 2.05) is 11.3 Å². The van der Waals surface area contributed by atoms with Gasteiger partial charge in [0.05, 0.1) is 33.1 Å². The quantitative estimate of drug-likeness (QED) is 0.160. The largest absolute Gasteiger partial charge is 0.309 e. The predicted molar refractivity (Wildman–Crippen MR) is 317 cm³/mol. The van der Waals surface area contributed by atoms with Crippen molar-refractivity contribution >= 4 is 96.9 Å². The monoisotopic (exact) mass is 986 g/mol. The lowest BCUT2D eigenvalue weighted by molar-refractivity contribution is 0.893. The third kappa shape index (κ3) is 6.56. The molecule has 6 nitrogen and oxygen atoms in total. The molecule has 0 saturated carbocycles. The summed E-state index contributed by atoms with van der Waals surface area (Å²) in [5.74, 6) is 1.66. The van der Waals surface area contributed by atoms with Gasteiger partial charge in [-0.3, -0.25) is 9.13 Å². The Bertz CT molecular complexity index is 5000. The molecule has 0 aliphatic heterocycles. The van der Waals surface area contributed by atoms with Crippen LogP contribution in [0, 0.1) is 0 Å². The molecule has 354 valence electrons. The smallest absolute Gasteiger partial charge is 0.240 e. The van der Waals surface area contributed by atoms with Crippen LogP contribution >= 0.6 is 11.3 Å². The molecule has 7 heteroatoms. The van der Waals surface area contributed by atoms with Gasteiger partial charge in [0, 0.05) is 63.7 Å². The number of hydrogen-bond acceptors (Lipinski definition) is 4. The molecule has 5 heterocycles. The molecule has 0 aliphatic rings. The van der Waals surface area contributed by atoms with Crippen LogP contribution in [0.25, 0.3) is 148 Å². The summed E-state index contributed by atoms with van der Waals surface area (Å²) in [6.45, 7) is 0. The van der Waals surface area contributed by atoms with Crippen molar-refractivity contribution in [2.75, 3.05) is 0 Å². The van der Waals surface area contributed by atoms with Gasteiger partial charge < -0.3 is 4.57 Å².